The zero-order chi connectivity index (χ0) is 25.0. The summed E-state index contributed by atoms with van der Waals surface area (Å²) in [6.45, 7) is 5.97. The molecule has 3 aromatic rings. The Labute approximate surface area is 213 Å². The molecule has 0 radical (unpaired) electrons. The average Bonchev–Trinajstić information content (AvgIpc) is 3.18. The summed E-state index contributed by atoms with van der Waals surface area (Å²) >= 11 is 1.62. The lowest BCUT2D eigenvalue weighted by Gasteiger charge is -2.23. The van der Waals surface area contributed by atoms with Crippen LogP contribution >= 0.6 is 11.8 Å². The molecule has 1 saturated heterocycles. The van der Waals surface area contributed by atoms with Crippen molar-refractivity contribution in [1.82, 2.24) is 25.0 Å². The van der Waals surface area contributed by atoms with Crippen LogP contribution in [0.25, 0.3) is 11.2 Å². The first-order valence-electron chi connectivity index (χ1n) is 12.6. The van der Waals surface area contributed by atoms with E-state index in [2.05, 4.69) is 22.6 Å². The van der Waals surface area contributed by atoms with E-state index in [1.54, 1.807) is 23.9 Å². The quantitative estimate of drug-likeness (QED) is 0.305. The van der Waals surface area contributed by atoms with E-state index in [0.29, 0.717) is 34.5 Å². The van der Waals surface area contributed by atoms with Crippen molar-refractivity contribution in [2.75, 3.05) is 17.7 Å². The summed E-state index contributed by atoms with van der Waals surface area (Å²) in [7, 11) is 0. The monoisotopic (exact) mass is 512 g/mol. The van der Waals surface area contributed by atoms with Crippen LogP contribution in [-0.2, 0) is 9.47 Å². The molecule has 0 amide bonds. The van der Waals surface area contributed by atoms with Crippen molar-refractivity contribution in [2.24, 2.45) is 5.92 Å². The molecule has 192 valence electrons. The lowest BCUT2D eigenvalue weighted by Crippen LogP contribution is -2.28. The number of aromatic nitrogens is 5. The Morgan fingerprint density at radius 3 is 2.67 bits per heavy atom. The first-order chi connectivity index (χ1) is 17.4. The molecular formula is C25H32N6O4S. The number of thioether (sulfide) groups is 1. The molecule has 11 heteroatoms. The third-order valence-corrected chi connectivity index (χ3v) is 8.33. The smallest absolute Gasteiger partial charge is 0.191 e. The third-order valence-electron chi connectivity index (χ3n) is 7.27. The van der Waals surface area contributed by atoms with Crippen LogP contribution in [0.15, 0.2) is 29.4 Å². The molecule has 3 fully saturated rings. The number of rotatable bonds is 8. The number of aromatic hydroxyl groups is 1. The van der Waals surface area contributed by atoms with Gasteiger partial charge in [-0.2, -0.15) is 0 Å². The molecule has 0 bridgehead atoms. The topological polar surface area (TPSA) is 127 Å². The van der Waals surface area contributed by atoms with Gasteiger partial charge in [0.25, 0.3) is 0 Å². The molecule has 6 atom stereocenters. The summed E-state index contributed by atoms with van der Waals surface area (Å²) in [6, 6.07) is 7.47. The molecule has 3 N–H and O–H groups in total. The highest BCUT2D eigenvalue weighted by Crippen LogP contribution is 2.48. The first-order valence-corrected chi connectivity index (χ1v) is 13.6. The van der Waals surface area contributed by atoms with Crippen LogP contribution in [0.5, 0.6) is 5.75 Å². The van der Waals surface area contributed by atoms with Crippen LogP contribution in [-0.4, -0.2) is 71.6 Å². The van der Waals surface area contributed by atoms with Gasteiger partial charge in [0.15, 0.2) is 27.9 Å². The molecule has 3 heterocycles. The average molecular weight is 513 g/mol. The number of nitrogens with one attached hydrogen (secondary N) is 1. The second kappa shape index (κ2) is 9.13. The van der Waals surface area contributed by atoms with Crippen molar-refractivity contribution in [2.45, 2.75) is 81.2 Å². The Bertz CT molecular complexity index is 1250. The Hall–Kier alpha value is -2.47. The van der Waals surface area contributed by atoms with E-state index in [1.807, 2.05) is 30.7 Å². The zero-order valence-electron chi connectivity index (χ0n) is 20.7. The van der Waals surface area contributed by atoms with Crippen molar-refractivity contribution < 1.29 is 19.7 Å². The van der Waals surface area contributed by atoms with Gasteiger partial charge < -0.3 is 25.0 Å². The Kier molecular flexibility index (Phi) is 6.06. The van der Waals surface area contributed by atoms with Crippen molar-refractivity contribution in [3.8, 4) is 5.75 Å². The van der Waals surface area contributed by atoms with Gasteiger partial charge in [0.1, 0.15) is 11.9 Å². The van der Waals surface area contributed by atoms with E-state index in [0.717, 1.165) is 18.6 Å². The van der Waals surface area contributed by atoms with Crippen molar-refractivity contribution >= 4 is 28.7 Å². The highest BCUT2D eigenvalue weighted by atomic mass is 32.2. The normalized spacial score (nSPS) is 30.6. The number of phenols is 1. The molecule has 2 aliphatic carbocycles. The fraction of sp³-hybridized carbons (Fsp3) is 0.600. The second-order valence-electron chi connectivity index (χ2n) is 10.4. The number of hydrogen-bond donors (Lipinski definition) is 3. The number of nitrogens with zero attached hydrogens (tertiary/aromatic N) is 5. The van der Waals surface area contributed by atoms with Crippen LogP contribution in [0.1, 0.15) is 57.6 Å². The number of anilines is 1. The standard InChI is InChI=1S/C25H32N6O4S/c1-4-9-36-24-27-22(26-17-11-16(17)13-5-7-15(33)8-6-13)19-23(28-24)31(30-29-19)18-10-14(12-32)20-21(18)35-25(2,3)34-20/h5-8,14,16-18,20-21,32-33H,4,9-12H2,1-3H3,(H,26,27,28). The number of fused-ring (bicyclic) bond motifs is 2. The number of aliphatic hydroxyl groups excluding tert-OH is 1. The highest BCUT2D eigenvalue weighted by Gasteiger charge is 2.55. The maximum absolute atomic E-state index is 10.0. The molecule has 3 aliphatic rings. The molecule has 36 heavy (non-hydrogen) atoms. The van der Waals surface area contributed by atoms with Gasteiger partial charge >= 0.3 is 0 Å². The van der Waals surface area contributed by atoms with Gasteiger partial charge in [-0.3, -0.25) is 0 Å². The summed E-state index contributed by atoms with van der Waals surface area (Å²) in [4.78, 5) is 9.67. The maximum Gasteiger partial charge on any atom is 0.191 e. The minimum Gasteiger partial charge on any atom is -0.508 e. The number of phenolic OH excluding ortho intramolecular Hbond substituents is 1. The van der Waals surface area contributed by atoms with Crippen LogP contribution in [0.2, 0.25) is 0 Å². The van der Waals surface area contributed by atoms with Gasteiger partial charge in [-0.15, -0.1) is 5.10 Å². The number of benzene rings is 1. The molecule has 2 saturated carbocycles. The van der Waals surface area contributed by atoms with Gasteiger partial charge in [0.2, 0.25) is 0 Å². The van der Waals surface area contributed by atoms with E-state index >= 15 is 0 Å². The molecule has 2 aromatic heterocycles. The predicted octanol–water partition coefficient (Wildman–Crippen LogP) is 3.47. The van der Waals surface area contributed by atoms with Crippen molar-refractivity contribution in [3.63, 3.8) is 0 Å². The molecule has 6 rings (SSSR count). The number of hydrogen-bond acceptors (Lipinski definition) is 10. The first kappa shape index (κ1) is 23.9. The SMILES string of the molecule is CCCSc1nc(NC2CC2c2ccc(O)cc2)c2nnn(C3CC(CO)C4OC(C)(C)OC43)c2n1. The zero-order valence-corrected chi connectivity index (χ0v) is 21.5. The maximum atomic E-state index is 10.0. The summed E-state index contributed by atoms with van der Waals surface area (Å²) in [5, 5.41) is 32.9. The van der Waals surface area contributed by atoms with Crippen LogP contribution in [0, 0.1) is 5.92 Å². The molecule has 1 aliphatic heterocycles. The Balaban J connectivity index is 1.32. The van der Waals surface area contributed by atoms with Gasteiger partial charge in [-0.05, 0) is 50.8 Å². The lowest BCUT2D eigenvalue weighted by molar-refractivity contribution is -0.162. The minimum atomic E-state index is -0.711. The summed E-state index contributed by atoms with van der Waals surface area (Å²) in [5.74, 6) is 1.48. The number of ether oxygens (including phenoxy) is 2. The summed E-state index contributed by atoms with van der Waals surface area (Å²) in [6.07, 6.45) is 2.24. The van der Waals surface area contributed by atoms with Crippen molar-refractivity contribution in [1.29, 1.82) is 0 Å². The lowest BCUT2D eigenvalue weighted by atomic mass is 10.1. The Morgan fingerprint density at radius 2 is 1.92 bits per heavy atom. The molecule has 0 spiro atoms. The predicted molar refractivity (Wildman–Crippen MR) is 135 cm³/mol. The van der Waals surface area contributed by atoms with Gasteiger partial charge in [-0.25, -0.2) is 14.6 Å². The van der Waals surface area contributed by atoms with E-state index in [-0.39, 0.29) is 42.6 Å². The minimum absolute atomic E-state index is 0.0312. The van der Waals surface area contributed by atoms with E-state index in [4.69, 9.17) is 19.4 Å². The molecule has 6 unspecified atom stereocenters. The van der Waals surface area contributed by atoms with Gasteiger partial charge in [0, 0.05) is 30.2 Å². The van der Waals surface area contributed by atoms with Crippen LogP contribution < -0.4 is 5.32 Å². The van der Waals surface area contributed by atoms with E-state index < -0.39 is 5.79 Å². The van der Waals surface area contributed by atoms with Gasteiger partial charge in [0.05, 0.1) is 12.1 Å². The van der Waals surface area contributed by atoms with E-state index in [9.17, 15) is 10.2 Å². The highest BCUT2D eigenvalue weighted by molar-refractivity contribution is 7.99. The van der Waals surface area contributed by atoms with E-state index in [1.165, 1.54) is 5.56 Å². The van der Waals surface area contributed by atoms with Crippen LogP contribution in [0.3, 0.4) is 0 Å². The van der Waals surface area contributed by atoms with Crippen LogP contribution in [0.4, 0.5) is 5.82 Å². The molecular weight excluding hydrogens is 480 g/mol. The third kappa shape index (κ3) is 4.31. The van der Waals surface area contributed by atoms with Gasteiger partial charge in [-0.1, -0.05) is 36.0 Å². The second-order valence-corrected chi connectivity index (χ2v) is 11.5. The summed E-state index contributed by atoms with van der Waals surface area (Å²) in [5.41, 5.74) is 2.49. The molecule has 10 nitrogen and oxygen atoms in total. The Morgan fingerprint density at radius 1 is 1.14 bits per heavy atom. The summed E-state index contributed by atoms with van der Waals surface area (Å²) < 4.78 is 14.2. The number of aliphatic hydroxyl groups is 1. The molecule has 1 aromatic carbocycles. The fourth-order valence-corrected chi connectivity index (χ4v) is 6.18. The largest absolute Gasteiger partial charge is 0.508 e. The fourth-order valence-electron chi connectivity index (χ4n) is 5.49. The van der Waals surface area contributed by atoms with Crippen molar-refractivity contribution in [3.05, 3.63) is 29.8 Å².